The Morgan fingerprint density at radius 2 is 2.19 bits per heavy atom. The number of nitrogens with one attached hydrogen (secondary N) is 1. The van der Waals surface area contributed by atoms with E-state index in [0.29, 0.717) is 12.0 Å². The van der Waals surface area contributed by atoms with Gasteiger partial charge >= 0.3 is 0 Å². The fraction of sp³-hybridized carbons (Fsp3) is 0.562. The van der Waals surface area contributed by atoms with E-state index in [4.69, 9.17) is 21.7 Å². The molecule has 0 radical (unpaired) electrons. The van der Waals surface area contributed by atoms with E-state index in [1.165, 1.54) is 18.4 Å². The van der Waals surface area contributed by atoms with Crippen molar-refractivity contribution >= 4 is 17.3 Å². The summed E-state index contributed by atoms with van der Waals surface area (Å²) in [5, 5.41) is 4.35. The number of methoxy groups -OCH3 is 1. The average molecular weight is 304 g/mol. The fourth-order valence-corrected chi connectivity index (χ4v) is 4.08. The van der Waals surface area contributed by atoms with Crippen LogP contribution in [0.2, 0.25) is 0 Å². The predicted octanol–water partition coefficient (Wildman–Crippen LogP) is 2.83. The van der Waals surface area contributed by atoms with Crippen LogP contribution in [0.4, 0.5) is 0 Å². The van der Waals surface area contributed by atoms with Gasteiger partial charge < -0.3 is 19.7 Å². The van der Waals surface area contributed by atoms with Gasteiger partial charge in [-0.05, 0) is 44.1 Å². The van der Waals surface area contributed by atoms with Crippen LogP contribution in [0.25, 0.3) is 0 Å². The third-order valence-corrected chi connectivity index (χ3v) is 5.42. The number of rotatable bonds is 2. The number of thiocarbonyl (C=S) groups is 1. The van der Waals surface area contributed by atoms with Gasteiger partial charge in [0.05, 0.1) is 13.2 Å². The van der Waals surface area contributed by atoms with Crippen LogP contribution in [0.3, 0.4) is 0 Å². The maximum atomic E-state index is 6.45. The summed E-state index contributed by atoms with van der Waals surface area (Å²) in [6.45, 7) is 4.40. The van der Waals surface area contributed by atoms with Crippen LogP contribution in [0, 0.1) is 5.92 Å². The number of hydrogen-bond acceptors (Lipinski definition) is 3. The van der Waals surface area contributed by atoms with Gasteiger partial charge in [-0.1, -0.05) is 6.92 Å². The quantitative estimate of drug-likeness (QED) is 0.850. The van der Waals surface area contributed by atoms with Gasteiger partial charge in [0.2, 0.25) is 0 Å². The lowest BCUT2D eigenvalue weighted by molar-refractivity contribution is -0.114. The molecule has 4 rings (SSSR count). The second-order valence-corrected chi connectivity index (χ2v) is 6.76. The molecule has 0 aromatic heterocycles. The van der Waals surface area contributed by atoms with E-state index >= 15 is 0 Å². The Kier molecular flexibility index (Phi) is 2.67. The molecule has 3 atom stereocenters. The lowest BCUT2D eigenvalue weighted by atomic mass is 9.81. The number of ether oxygens (including phenoxy) is 2. The Bertz CT molecular complexity index is 616. The summed E-state index contributed by atoms with van der Waals surface area (Å²) in [5.74, 6) is 2.05. The molecule has 21 heavy (non-hydrogen) atoms. The summed E-state index contributed by atoms with van der Waals surface area (Å²) in [5.41, 5.74) is 0.784. The molecule has 4 nitrogen and oxygen atoms in total. The van der Waals surface area contributed by atoms with Crippen molar-refractivity contribution in [2.75, 3.05) is 7.11 Å². The lowest BCUT2D eigenvalue weighted by Crippen LogP contribution is -2.69. The van der Waals surface area contributed by atoms with Crippen LogP contribution in [0.15, 0.2) is 18.2 Å². The first kappa shape index (κ1) is 13.2. The van der Waals surface area contributed by atoms with Crippen molar-refractivity contribution < 1.29 is 9.47 Å². The summed E-state index contributed by atoms with van der Waals surface area (Å²) in [6.07, 6.45) is 2.40. The molecule has 3 unspecified atom stereocenters. The minimum absolute atomic E-state index is 0.201. The molecule has 0 spiro atoms. The molecular weight excluding hydrogens is 284 g/mol. The molecule has 5 heteroatoms. The third kappa shape index (κ3) is 1.76. The predicted molar refractivity (Wildman–Crippen MR) is 84.5 cm³/mol. The Labute approximate surface area is 130 Å². The van der Waals surface area contributed by atoms with Crippen LogP contribution < -0.4 is 14.8 Å². The lowest BCUT2D eigenvalue weighted by Gasteiger charge is -2.56. The maximum Gasteiger partial charge on any atom is 0.187 e. The van der Waals surface area contributed by atoms with Crippen molar-refractivity contribution in [3.8, 4) is 11.5 Å². The highest BCUT2D eigenvalue weighted by molar-refractivity contribution is 7.80. The topological polar surface area (TPSA) is 33.7 Å². The van der Waals surface area contributed by atoms with E-state index < -0.39 is 0 Å². The van der Waals surface area contributed by atoms with Crippen molar-refractivity contribution in [3.63, 3.8) is 0 Å². The second-order valence-electron chi connectivity index (χ2n) is 6.38. The Morgan fingerprint density at radius 3 is 2.86 bits per heavy atom. The number of benzene rings is 1. The highest BCUT2D eigenvalue weighted by Crippen LogP contribution is 2.51. The zero-order chi connectivity index (χ0) is 14.8. The van der Waals surface area contributed by atoms with Crippen molar-refractivity contribution in [1.29, 1.82) is 0 Å². The second kappa shape index (κ2) is 4.26. The van der Waals surface area contributed by atoms with E-state index in [2.05, 4.69) is 30.1 Å². The molecule has 3 aliphatic rings. The van der Waals surface area contributed by atoms with Gasteiger partial charge in [0.1, 0.15) is 11.5 Å². The van der Waals surface area contributed by atoms with Crippen molar-refractivity contribution in [2.45, 2.75) is 44.5 Å². The zero-order valence-electron chi connectivity index (χ0n) is 12.6. The summed E-state index contributed by atoms with van der Waals surface area (Å²) in [4.78, 5) is 2.27. The highest BCUT2D eigenvalue weighted by Gasteiger charge is 2.56. The minimum atomic E-state index is -0.381. The SMILES string of the molecule is COc1ccc2c(c1)OC1(C)C(C)C2NC(=S)N1C1CC1. The Hall–Kier alpha value is -1.49. The molecule has 1 N–H and O–H groups in total. The number of hydrogen-bond donors (Lipinski definition) is 1. The van der Waals surface area contributed by atoms with Gasteiger partial charge in [0.15, 0.2) is 10.8 Å². The average Bonchev–Trinajstić information content (AvgIpc) is 3.26. The maximum absolute atomic E-state index is 6.45. The van der Waals surface area contributed by atoms with Crippen molar-refractivity contribution in [2.24, 2.45) is 5.92 Å². The summed E-state index contributed by atoms with van der Waals surface area (Å²) in [6, 6.07) is 6.76. The smallest absolute Gasteiger partial charge is 0.187 e. The molecule has 1 saturated heterocycles. The molecular formula is C16H20N2O2S. The summed E-state index contributed by atoms with van der Waals surface area (Å²) >= 11 is 5.61. The minimum Gasteiger partial charge on any atom is -0.497 e. The van der Waals surface area contributed by atoms with Crippen LogP contribution in [-0.4, -0.2) is 28.9 Å². The molecule has 2 heterocycles. The van der Waals surface area contributed by atoms with E-state index in [0.717, 1.165) is 16.6 Å². The van der Waals surface area contributed by atoms with Crippen molar-refractivity contribution in [3.05, 3.63) is 23.8 Å². The fourth-order valence-electron chi connectivity index (χ4n) is 3.62. The zero-order valence-corrected chi connectivity index (χ0v) is 13.4. The first-order chi connectivity index (χ1) is 10.0. The van der Waals surface area contributed by atoms with Crippen molar-refractivity contribution in [1.82, 2.24) is 10.2 Å². The normalized spacial score (nSPS) is 33.9. The van der Waals surface area contributed by atoms with Crippen LogP contribution >= 0.6 is 12.2 Å². The van der Waals surface area contributed by atoms with Gasteiger partial charge in [0.25, 0.3) is 0 Å². The van der Waals surface area contributed by atoms with Crippen LogP contribution in [-0.2, 0) is 0 Å². The van der Waals surface area contributed by atoms with Gasteiger partial charge in [-0.2, -0.15) is 0 Å². The molecule has 2 aliphatic heterocycles. The van der Waals surface area contributed by atoms with Gasteiger partial charge in [-0.3, -0.25) is 0 Å². The number of fused-ring (bicyclic) bond motifs is 4. The van der Waals surface area contributed by atoms with Crippen LogP contribution in [0.5, 0.6) is 11.5 Å². The Morgan fingerprint density at radius 1 is 1.43 bits per heavy atom. The largest absolute Gasteiger partial charge is 0.497 e. The molecule has 0 amide bonds. The first-order valence-corrected chi connectivity index (χ1v) is 7.92. The molecule has 1 aromatic rings. The van der Waals surface area contributed by atoms with E-state index in [1.54, 1.807) is 7.11 Å². The van der Waals surface area contributed by atoms with E-state index in [9.17, 15) is 0 Å². The van der Waals surface area contributed by atoms with Crippen LogP contribution in [0.1, 0.15) is 38.3 Å². The van der Waals surface area contributed by atoms with E-state index in [1.807, 2.05) is 12.1 Å². The monoisotopic (exact) mass is 304 g/mol. The Balaban J connectivity index is 1.82. The molecule has 112 valence electrons. The molecule has 2 bridgehead atoms. The summed E-state index contributed by atoms with van der Waals surface area (Å²) < 4.78 is 11.8. The van der Waals surface area contributed by atoms with E-state index in [-0.39, 0.29) is 11.8 Å². The summed E-state index contributed by atoms with van der Waals surface area (Å²) in [7, 11) is 1.68. The first-order valence-electron chi connectivity index (χ1n) is 7.51. The highest BCUT2D eigenvalue weighted by atomic mass is 32.1. The van der Waals surface area contributed by atoms with Gasteiger partial charge in [-0.25, -0.2) is 0 Å². The van der Waals surface area contributed by atoms with Gasteiger partial charge in [0, 0.05) is 23.6 Å². The third-order valence-electron chi connectivity index (χ3n) is 5.11. The number of nitrogens with zero attached hydrogens (tertiary/aromatic N) is 1. The molecule has 1 saturated carbocycles. The van der Waals surface area contributed by atoms with Gasteiger partial charge in [-0.15, -0.1) is 0 Å². The molecule has 1 aromatic carbocycles. The standard InChI is InChI=1S/C16H20N2O2S/c1-9-14-12-7-6-11(19-3)8-13(12)20-16(9,2)18(10-4-5-10)15(21)17-14/h6-10,14H,4-5H2,1-3H3,(H,17,21). The molecule has 2 fully saturated rings. The molecule has 1 aliphatic carbocycles.